The van der Waals surface area contributed by atoms with E-state index in [0.717, 1.165) is 23.0 Å². The molecule has 1 aromatic heterocycles. The molecule has 9 heteroatoms. The number of nitrogens with one attached hydrogen (secondary N) is 1. The van der Waals surface area contributed by atoms with Crippen LogP contribution in [0.25, 0.3) is 0 Å². The average molecular weight is 453 g/mol. The molecule has 0 aromatic carbocycles. The van der Waals surface area contributed by atoms with Gasteiger partial charge in [-0.2, -0.15) is 4.31 Å². The van der Waals surface area contributed by atoms with Gasteiger partial charge in [0.1, 0.15) is 4.21 Å². The SMILES string of the molecule is CCOCCCNC(=O)CC1CCN(S(=O)(=O)c2ccc(Br)s2)CC1. The van der Waals surface area contributed by atoms with Crippen LogP contribution in [0.3, 0.4) is 0 Å². The first kappa shape index (κ1) is 20.8. The van der Waals surface area contributed by atoms with Crippen molar-refractivity contribution in [3.8, 4) is 0 Å². The second-order valence-corrected chi connectivity index (χ2v) is 10.6. The fourth-order valence-electron chi connectivity index (χ4n) is 2.80. The summed E-state index contributed by atoms with van der Waals surface area (Å²) < 4.78 is 33.1. The van der Waals surface area contributed by atoms with E-state index in [4.69, 9.17) is 4.74 Å². The van der Waals surface area contributed by atoms with E-state index in [-0.39, 0.29) is 11.8 Å². The van der Waals surface area contributed by atoms with E-state index in [0.29, 0.717) is 43.5 Å². The Hall–Kier alpha value is -0.480. The third-order valence-electron chi connectivity index (χ3n) is 4.18. The first-order valence-electron chi connectivity index (χ1n) is 8.53. The normalized spacial score (nSPS) is 16.9. The smallest absolute Gasteiger partial charge is 0.252 e. The monoisotopic (exact) mass is 452 g/mol. The van der Waals surface area contributed by atoms with Crippen LogP contribution in [-0.2, 0) is 19.6 Å². The predicted octanol–water partition coefficient (Wildman–Crippen LogP) is 2.84. The van der Waals surface area contributed by atoms with Crippen molar-refractivity contribution in [1.82, 2.24) is 9.62 Å². The number of hydrogen-bond donors (Lipinski definition) is 1. The molecule has 2 heterocycles. The Kier molecular flexibility index (Phi) is 8.34. The summed E-state index contributed by atoms with van der Waals surface area (Å²) in [6.45, 7) is 4.87. The number of carbonyl (C=O) groups excluding carboxylic acids is 1. The number of ether oxygens (including phenoxy) is 1. The van der Waals surface area contributed by atoms with E-state index in [1.54, 1.807) is 12.1 Å². The number of rotatable bonds is 9. The zero-order chi connectivity index (χ0) is 18.3. The average Bonchev–Trinajstić information content (AvgIpc) is 3.02. The van der Waals surface area contributed by atoms with Gasteiger partial charge in [0.25, 0.3) is 10.0 Å². The highest BCUT2D eigenvalue weighted by molar-refractivity contribution is 9.11. The van der Waals surface area contributed by atoms with Crippen molar-refractivity contribution in [3.05, 3.63) is 15.9 Å². The molecule has 1 N–H and O–H groups in total. The molecule has 0 spiro atoms. The molecule has 1 aliphatic heterocycles. The number of thiophene rings is 1. The first-order chi connectivity index (χ1) is 11.9. The number of piperidine rings is 1. The molecule has 2 rings (SSSR count). The lowest BCUT2D eigenvalue weighted by Crippen LogP contribution is -2.39. The maximum Gasteiger partial charge on any atom is 0.252 e. The van der Waals surface area contributed by atoms with Gasteiger partial charge < -0.3 is 10.1 Å². The van der Waals surface area contributed by atoms with Crippen LogP contribution < -0.4 is 5.32 Å². The van der Waals surface area contributed by atoms with E-state index < -0.39 is 10.0 Å². The molecule has 142 valence electrons. The fourth-order valence-corrected chi connectivity index (χ4v) is 6.43. The van der Waals surface area contributed by atoms with Crippen LogP contribution in [0.2, 0.25) is 0 Å². The second kappa shape index (κ2) is 10.0. The molecule has 0 radical (unpaired) electrons. The molecule has 1 aromatic rings. The number of halogens is 1. The predicted molar refractivity (Wildman–Crippen MR) is 102 cm³/mol. The second-order valence-electron chi connectivity index (χ2n) is 6.01. The first-order valence-corrected chi connectivity index (χ1v) is 11.6. The quantitative estimate of drug-likeness (QED) is 0.584. The summed E-state index contributed by atoms with van der Waals surface area (Å²) in [6, 6.07) is 3.38. The van der Waals surface area contributed by atoms with Gasteiger partial charge in [0, 0.05) is 39.3 Å². The van der Waals surface area contributed by atoms with Crippen molar-refractivity contribution >= 4 is 43.2 Å². The van der Waals surface area contributed by atoms with Gasteiger partial charge in [-0.1, -0.05) is 0 Å². The molecule has 0 atom stereocenters. The third-order valence-corrected chi connectivity index (χ3v) is 8.17. The fraction of sp³-hybridized carbons (Fsp3) is 0.688. The Morgan fingerprint density at radius 3 is 2.72 bits per heavy atom. The summed E-state index contributed by atoms with van der Waals surface area (Å²) in [5.74, 6) is 0.286. The van der Waals surface area contributed by atoms with Crippen molar-refractivity contribution in [2.24, 2.45) is 5.92 Å². The van der Waals surface area contributed by atoms with Crippen molar-refractivity contribution in [3.63, 3.8) is 0 Å². The van der Waals surface area contributed by atoms with Gasteiger partial charge in [0.15, 0.2) is 0 Å². The van der Waals surface area contributed by atoms with Crippen LogP contribution in [-0.4, -0.2) is 51.5 Å². The Balaban J connectivity index is 1.73. The Labute approximate surface area is 162 Å². The molecule has 0 aliphatic carbocycles. The lowest BCUT2D eigenvalue weighted by Gasteiger charge is -2.30. The summed E-state index contributed by atoms with van der Waals surface area (Å²) >= 11 is 4.53. The van der Waals surface area contributed by atoms with E-state index in [9.17, 15) is 13.2 Å². The van der Waals surface area contributed by atoms with Crippen LogP contribution >= 0.6 is 27.3 Å². The molecule has 25 heavy (non-hydrogen) atoms. The van der Waals surface area contributed by atoms with E-state index in [2.05, 4.69) is 21.2 Å². The molecule has 0 bridgehead atoms. The van der Waals surface area contributed by atoms with Crippen molar-refractivity contribution in [1.29, 1.82) is 0 Å². The van der Waals surface area contributed by atoms with Crippen molar-refractivity contribution < 1.29 is 17.9 Å². The van der Waals surface area contributed by atoms with Crippen LogP contribution in [0.15, 0.2) is 20.1 Å². The molecule has 1 fully saturated rings. The maximum atomic E-state index is 12.6. The zero-order valence-electron chi connectivity index (χ0n) is 14.4. The largest absolute Gasteiger partial charge is 0.382 e. The summed E-state index contributed by atoms with van der Waals surface area (Å²) in [4.78, 5) is 12.0. The molecule has 0 saturated carbocycles. The standard InChI is InChI=1S/C16H25BrN2O4S2/c1-2-23-11-3-8-18-15(20)12-13-6-9-19(10-7-13)25(21,22)16-5-4-14(17)24-16/h4-5,13H,2-3,6-12H2,1H3,(H,18,20). The van der Waals surface area contributed by atoms with Crippen LogP contribution in [0.1, 0.15) is 32.6 Å². The zero-order valence-corrected chi connectivity index (χ0v) is 17.6. The summed E-state index contributed by atoms with van der Waals surface area (Å²) in [5, 5.41) is 2.90. The molecular formula is C16H25BrN2O4S2. The van der Waals surface area contributed by atoms with Crippen LogP contribution in [0.4, 0.5) is 0 Å². The molecule has 1 amide bonds. The maximum absolute atomic E-state index is 12.6. The molecule has 1 saturated heterocycles. The Bertz CT molecular complexity index is 655. The summed E-state index contributed by atoms with van der Waals surface area (Å²) in [7, 11) is -3.41. The van der Waals surface area contributed by atoms with Gasteiger partial charge >= 0.3 is 0 Å². The summed E-state index contributed by atoms with van der Waals surface area (Å²) in [6.07, 6.45) is 2.72. The lowest BCUT2D eigenvalue weighted by molar-refractivity contribution is -0.122. The number of amides is 1. The van der Waals surface area contributed by atoms with Gasteiger partial charge in [-0.25, -0.2) is 8.42 Å². The van der Waals surface area contributed by atoms with Gasteiger partial charge in [-0.05, 0) is 60.2 Å². The highest BCUT2D eigenvalue weighted by Crippen LogP contribution is 2.31. The number of hydrogen-bond acceptors (Lipinski definition) is 5. The van der Waals surface area contributed by atoms with Gasteiger partial charge in [0.05, 0.1) is 3.79 Å². The Morgan fingerprint density at radius 1 is 1.40 bits per heavy atom. The lowest BCUT2D eigenvalue weighted by atomic mass is 9.94. The number of sulfonamides is 1. The minimum atomic E-state index is -3.41. The number of nitrogens with zero attached hydrogens (tertiary/aromatic N) is 1. The molecule has 1 aliphatic rings. The summed E-state index contributed by atoms with van der Waals surface area (Å²) in [5.41, 5.74) is 0. The van der Waals surface area contributed by atoms with E-state index in [1.165, 1.54) is 15.6 Å². The topological polar surface area (TPSA) is 75.7 Å². The number of carbonyl (C=O) groups is 1. The molecule has 6 nitrogen and oxygen atoms in total. The van der Waals surface area contributed by atoms with Crippen molar-refractivity contribution in [2.45, 2.75) is 36.8 Å². The highest BCUT2D eigenvalue weighted by Gasteiger charge is 2.31. The van der Waals surface area contributed by atoms with Gasteiger partial charge in [-0.3, -0.25) is 4.79 Å². The highest BCUT2D eigenvalue weighted by atomic mass is 79.9. The Morgan fingerprint density at radius 2 is 2.12 bits per heavy atom. The van der Waals surface area contributed by atoms with Crippen LogP contribution in [0, 0.1) is 5.92 Å². The third kappa shape index (κ3) is 6.32. The van der Waals surface area contributed by atoms with E-state index in [1.807, 2.05) is 6.92 Å². The minimum Gasteiger partial charge on any atom is -0.382 e. The van der Waals surface area contributed by atoms with Crippen LogP contribution in [0.5, 0.6) is 0 Å². The minimum absolute atomic E-state index is 0.0417. The van der Waals surface area contributed by atoms with Gasteiger partial charge in [0.2, 0.25) is 5.91 Å². The van der Waals surface area contributed by atoms with Gasteiger partial charge in [-0.15, -0.1) is 11.3 Å². The van der Waals surface area contributed by atoms with Crippen molar-refractivity contribution in [2.75, 3.05) is 32.8 Å². The van der Waals surface area contributed by atoms with E-state index >= 15 is 0 Å². The molecular weight excluding hydrogens is 428 g/mol. The molecule has 0 unspecified atom stereocenters.